The highest BCUT2D eigenvalue weighted by Gasteiger charge is 2.31. The van der Waals surface area contributed by atoms with Crippen LogP contribution in [-0.2, 0) is 10.9 Å². The fraction of sp³-hybridized carbons (Fsp3) is 0.286. The number of aromatic nitrogens is 4. The van der Waals surface area contributed by atoms with E-state index in [1.807, 2.05) is 0 Å². The summed E-state index contributed by atoms with van der Waals surface area (Å²) >= 11 is 0. The monoisotopic (exact) mass is 371 g/mol. The van der Waals surface area contributed by atoms with Crippen molar-refractivity contribution in [1.29, 1.82) is 0 Å². The molecule has 0 amide bonds. The Hall–Kier alpha value is -3.15. The number of benzene rings is 1. The van der Waals surface area contributed by atoms with Crippen LogP contribution >= 0.6 is 0 Å². The summed E-state index contributed by atoms with van der Waals surface area (Å²) in [4.78, 5) is 12.0. The summed E-state index contributed by atoms with van der Waals surface area (Å²) in [5.41, 5.74) is -1.01. The fourth-order valence-corrected chi connectivity index (χ4v) is 2.17. The van der Waals surface area contributed by atoms with Crippen molar-refractivity contribution in [3.8, 4) is 17.2 Å². The number of halogens is 3. The molecule has 0 aliphatic heterocycles. The first kappa shape index (κ1) is 17.7. The zero-order chi connectivity index (χ0) is 18.7. The minimum absolute atomic E-state index is 0.00404. The molecular weight excluding hydrogens is 359 g/mol. The lowest BCUT2D eigenvalue weighted by molar-refractivity contribution is -0.137. The number of nitrogens with one attached hydrogen (secondary N) is 1. The van der Waals surface area contributed by atoms with E-state index in [9.17, 15) is 18.0 Å². The first-order valence-electron chi connectivity index (χ1n) is 7.24. The third-order valence-corrected chi connectivity index (χ3v) is 3.34. The maximum atomic E-state index is 12.9. The molecule has 1 aromatic carbocycles. The Balaban J connectivity index is 2.04. The lowest BCUT2D eigenvalue weighted by Gasteiger charge is -2.09. The molecule has 0 radical (unpaired) electrons. The van der Waals surface area contributed by atoms with Crippen molar-refractivity contribution >= 4 is 5.82 Å². The molecule has 0 atom stereocenters. The van der Waals surface area contributed by atoms with Gasteiger partial charge in [0.2, 0.25) is 11.6 Å². The van der Waals surface area contributed by atoms with Gasteiger partial charge in [0.15, 0.2) is 5.69 Å². The zero-order valence-electron chi connectivity index (χ0n) is 13.3. The lowest BCUT2D eigenvalue weighted by Crippen LogP contribution is -2.15. The SMILES string of the molecule is COCCNc1nonc1-c1noc(=O)n1-c1cccc(C(F)(F)F)c1. The van der Waals surface area contributed by atoms with Crippen molar-refractivity contribution in [2.45, 2.75) is 6.18 Å². The first-order chi connectivity index (χ1) is 12.4. The summed E-state index contributed by atoms with van der Waals surface area (Å²) in [5, 5.41) is 13.7. The van der Waals surface area contributed by atoms with E-state index in [0.29, 0.717) is 13.2 Å². The van der Waals surface area contributed by atoms with Crippen LogP contribution in [0.5, 0.6) is 0 Å². The van der Waals surface area contributed by atoms with Gasteiger partial charge < -0.3 is 10.1 Å². The van der Waals surface area contributed by atoms with Crippen LogP contribution < -0.4 is 11.1 Å². The van der Waals surface area contributed by atoms with E-state index in [1.54, 1.807) is 0 Å². The number of anilines is 1. The number of methoxy groups -OCH3 is 1. The molecule has 0 aliphatic carbocycles. The van der Waals surface area contributed by atoms with Gasteiger partial charge in [-0.15, -0.1) is 0 Å². The predicted octanol–water partition coefficient (Wildman–Crippen LogP) is 1.95. The van der Waals surface area contributed by atoms with E-state index in [-0.39, 0.29) is 23.0 Å². The molecule has 0 fully saturated rings. The average molecular weight is 371 g/mol. The largest absolute Gasteiger partial charge is 0.446 e. The van der Waals surface area contributed by atoms with Gasteiger partial charge in [-0.3, -0.25) is 4.52 Å². The predicted molar refractivity (Wildman–Crippen MR) is 80.8 cm³/mol. The van der Waals surface area contributed by atoms with E-state index in [1.165, 1.54) is 19.2 Å². The Morgan fingerprint density at radius 3 is 2.81 bits per heavy atom. The number of ether oxygens (including phenoxy) is 1. The van der Waals surface area contributed by atoms with Crippen LogP contribution in [0.2, 0.25) is 0 Å². The van der Waals surface area contributed by atoms with Crippen molar-refractivity contribution in [2.24, 2.45) is 0 Å². The van der Waals surface area contributed by atoms with E-state index in [4.69, 9.17) is 4.74 Å². The molecule has 1 N–H and O–H groups in total. The minimum atomic E-state index is -4.57. The number of rotatable bonds is 6. The highest BCUT2D eigenvalue weighted by molar-refractivity contribution is 5.66. The van der Waals surface area contributed by atoms with Gasteiger partial charge in [0.05, 0.1) is 17.9 Å². The molecular formula is C14H12F3N5O4. The lowest BCUT2D eigenvalue weighted by atomic mass is 10.2. The molecule has 138 valence electrons. The Labute approximate surface area is 143 Å². The molecule has 0 spiro atoms. The Morgan fingerprint density at radius 2 is 2.08 bits per heavy atom. The van der Waals surface area contributed by atoms with Gasteiger partial charge >= 0.3 is 11.9 Å². The number of hydrogen-bond acceptors (Lipinski definition) is 8. The van der Waals surface area contributed by atoms with Crippen LogP contribution in [0.15, 0.2) is 38.2 Å². The molecule has 0 aliphatic rings. The van der Waals surface area contributed by atoms with Gasteiger partial charge in [-0.1, -0.05) is 11.2 Å². The summed E-state index contributed by atoms with van der Waals surface area (Å²) in [6, 6.07) is 4.16. The van der Waals surface area contributed by atoms with Gasteiger partial charge in [-0.2, -0.15) is 13.2 Å². The molecule has 12 heteroatoms. The van der Waals surface area contributed by atoms with Gasteiger partial charge in [0.1, 0.15) is 0 Å². The van der Waals surface area contributed by atoms with Crippen LogP contribution in [0.25, 0.3) is 17.2 Å². The minimum Gasteiger partial charge on any atom is -0.383 e. The van der Waals surface area contributed by atoms with Gasteiger partial charge in [0.25, 0.3) is 0 Å². The first-order valence-corrected chi connectivity index (χ1v) is 7.24. The summed E-state index contributed by atoms with van der Waals surface area (Å²) in [5.74, 6) is -1.00. The Bertz CT molecular complexity index is 946. The molecule has 26 heavy (non-hydrogen) atoms. The molecule has 3 aromatic rings. The molecule has 3 rings (SSSR count). The number of nitrogens with zero attached hydrogens (tertiary/aromatic N) is 4. The summed E-state index contributed by atoms with van der Waals surface area (Å²) in [6.45, 7) is 0.703. The maximum absolute atomic E-state index is 12.9. The van der Waals surface area contributed by atoms with E-state index < -0.39 is 17.5 Å². The van der Waals surface area contributed by atoms with Crippen LogP contribution in [-0.4, -0.2) is 40.3 Å². The topological polar surface area (TPSA) is 108 Å². The second-order valence-corrected chi connectivity index (χ2v) is 5.04. The third kappa shape index (κ3) is 3.44. The van der Waals surface area contributed by atoms with E-state index >= 15 is 0 Å². The zero-order valence-corrected chi connectivity index (χ0v) is 13.3. The summed E-state index contributed by atoms with van der Waals surface area (Å²) in [6.07, 6.45) is -4.57. The van der Waals surface area contributed by atoms with Crippen molar-refractivity contribution in [3.63, 3.8) is 0 Å². The highest BCUT2D eigenvalue weighted by atomic mass is 19.4. The Morgan fingerprint density at radius 1 is 1.27 bits per heavy atom. The summed E-state index contributed by atoms with van der Waals surface area (Å²) < 4.78 is 53.8. The van der Waals surface area contributed by atoms with Crippen LogP contribution in [0.3, 0.4) is 0 Å². The van der Waals surface area contributed by atoms with Crippen LogP contribution in [0.4, 0.5) is 19.0 Å². The maximum Gasteiger partial charge on any atom is 0.446 e. The quantitative estimate of drug-likeness (QED) is 0.655. The molecule has 0 bridgehead atoms. The van der Waals surface area contributed by atoms with Crippen LogP contribution in [0.1, 0.15) is 5.56 Å². The van der Waals surface area contributed by atoms with Crippen molar-refractivity contribution in [2.75, 3.05) is 25.6 Å². The Kier molecular flexibility index (Phi) is 4.75. The molecule has 0 unspecified atom stereocenters. The molecule has 2 aromatic heterocycles. The van der Waals surface area contributed by atoms with E-state index in [2.05, 4.69) is 29.9 Å². The van der Waals surface area contributed by atoms with Crippen molar-refractivity contribution < 1.29 is 27.1 Å². The molecule has 2 heterocycles. The second-order valence-electron chi connectivity index (χ2n) is 5.04. The fourth-order valence-electron chi connectivity index (χ4n) is 2.17. The number of alkyl halides is 3. The van der Waals surface area contributed by atoms with Crippen LogP contribution in [0, 0.1) is 0 Å². The van der Waals surface area contributed by atoms with E-state index in [0.717, 1.165) is 16.7 Å². The van der Waals surface area contributed by atoms with Crippen molar-refractivity contribution in [3.05, 3.63) is 40.4 Å². The van der Waals surface area contributed by atoms with Gasteiger partial charge in [-0.25, -0.2) is 14.0 Å². The average Bonchev–Trinajstić information content (AvgIpc) is 3.20. The molecule has 9 nitrogen and oxygen atoms in total. The summed E-state index contributed by atoms with van der Waals surface area (Å²) in [7, 11) is 1.51. The number of hydrogen-bond donors (Lipinski definition) is 1. The molecule has 0 saturated carbocycles. The third-order valence-electron chi connectivity index (χ3n) is 3.34. The van der Waals surface area contributed by atoms with Gasteiger partial charge in [-0.05, 0) is 28.5 Å². The normalized spacial score (nSPS) is 11.7. The van der Waals surface area contributed by atoms with Gasteiger partial charge in [0, 0.05) is 13.7 Å². The van der Waals surface area contributed by atoms with Crippen molar-refractivity contribution in [1.82, 2.24) is 20.0 Å². The molecule has 0 saturated heterocycles. The highest BCUT2D eigenvalue weighted by Crippen LogP contribution is 2.31. The standard InChI is InChI=1S/C14H12F3N5O4/c1-24-6-5-18-11-10(19-26-20-11)12-21-25-13(23)22(12)9-4-2-3-8(7-9)14(15,16)17/h2-4,7H,5-6H2,1H3,(H,18,20). The smallest absolute Gasteiger partial charge is 0.383 e. The second kappa shape index (κ2) is 7.00.